The van der Waals surface area contributed by atoms with Crippen LogP contribution in [0.2, 0.25) is 0 Å². The molecule has 1 atom stereocenters. The molecular weight excluding hydrogens is 281 g/mol. The molecule has 0 aliphatic carbocycles. The molecule has 21 heavy (non-hydrogen) atoms. The summed E-state index contributed by atoms with van der Waals surface area (Å²) in [5.41, 5.74) is 1.78. The van der Waals surface area contributed by atoms with E-state index in [0.717, 1.165) is 11.3 Å². The Labute approximate surface area is 120 Å². The van der Waals surface area contributed by atoms with Gasteiger partial charge in [-0.25, -0.2) is 0 Å². The molecule has 0 saturated heterocycles. The summed E-state index contributed by atoms with van der Waals surface area (Å²) in [5.74, 6) is -0.218. The third-order valence-corrected chi connectivity index (χ3v) is 2.90. The summed E-state index contributed by atoms with van der Waals surface area (Å²) in [5, 5.41) is 3.26. The molecule has 0 fully saturated rings. The summed E-state index contributed by atoms with van der Waals surface area (Å²) in [6.07, 6.45) is -2.94. The quantitative estimate of drug-likeness (QED) is 0.910. The van der Waals surface area contributed by atoms with Crippen molar-refractivity contribution in [2.45, 2.75) is 25.9 Å². The SMILES string of the molecule is C[C@@H](NCc1ccc(OC(F)(F)F)cc1)c1ccccn1. The van der Waals surface area contributed by atoms with Crippen LogP contribution in [0.3, 0.4) is 0 Å². The summed E-state index contributed by atoms with van der Waals surface area (Å²) in [7, 11) is 0. The van der Waals surface area contributed by atoms with E-state index in [4.69, 9.17) is 0 Å². The molecule has 2 aromatic rings. The number of ether oxygens (including phenoxy) is 1. The second-order valence-electron chi connectivity index (χ2n) is 4.55. The van der Waals surface area contributed by atoms with E-state index in [9.17, 15) is 13.2 Å². The summed E-state index contributed by atoms with van der Waals surface area (Å²) in [6.45, 7) is 2.51. The fourth-order valence-corrected chi connectivity index (χ4v) is 1.82. The van der Waals surface area contributed by atoms with Crippen molar-refractivity contribution in [1.82, 2.24) is 10.3 Å². The van der Waals surface area contributed by atoms with E-state index in [-0.39, 0.29) is 11.8 Å². The van der Waals surface area contributed by atoms with Gasteiger partial charge in [0.1, 0.15) is 5.75 Å². The molecule has 0 bridgehead atoms. The highest BCUT2D eigenvalue weighted by Crippen LogP contribution is 2.22. The maximum atomic E-state index is 12.0. The molecule has 6 heteroatoms. The number of halogens is 3. The van der Waals surface area contributed by atoms with E-state index in [1.54, 1.807) is 18.3 Å². The van der Waals surface area contributed by atoms with E-state index < -0.39 is 6.36 Å². The molecule has 0 aliphatic rings. The zero-order valence-corrected chi connectivity index (χ0v) is 11.4. The van der Waals surface area contributed by atoms with Gasteiger partial charge in [0, 0.05) is 18.8 Å². The van der Waals surface area contributed by atoms with Gasteiger partial charge in [-0.15, -0.1) is 13.2 Å². The van der Waals surface area contributed by atoms with E-state index >= 15 is 0 Å². The highest BCUT2D eigenvalue weighted by Gasteiger charge is 2.30. The second kappa shape index (κ2) is 6.58. The van der Waals surface area contributed by atoms with E-state index in [2.05, 4.69) is 15.0 Å². The molecule has 2 rings (SSSR count). The lowest BCUT2D eigenvalue weighted by molar-refractivity contribution is -0.274. The predicted molar refractivity (Wildman–Crippen MR) is 72.6 cm³/mol. The van der Waals surface area contributed by atoms with Crippen LogP contribution >= 0.6 is 0 Å². The maximum absolute atomic E-state index is 12.0. The lowest BCUT2D eigenvalue weighted by Gasteiger charge is -2.14. The third kappa shape index (κ3) is 5.07. The molecule has 3 nitrogen and oxygen atoms in total. The Bertz CT molecular complexity index is 555. The molecule has 1 aromatic heterocycles. The number of pyridine rings is 1. The molecule has 0 saturated carbocycles. The highest BCUT2D eigenvalue weighted by atomic mass is 19.4. The highest BCUT2D eigenvalue weighted by molar-refractivity contribution is 5.27. The number of hydrogen-bond donors (Lipinski definition) is 1. The summed E-state index contributed by atoms with van der Waals surface area (Å²) in [6, 6.07) is 11.5. The largest absolute Gasteiger partial charge is 0.573 e. The minimum atomic E-state index is -4.66. The molecule has 112 valence electrons. The molecule has 0 radical (unpaired) electrons. The van der Waals surface area contributed by atoms with Crippen LogP contribution in [-0.4, -0.2) is 11.3 Å². The molecule has 0 amide bonds. The minimum absolute atomic E-state index is 0.0531. The molecular formula is C15H15F3N2O. The number of rotatable bonds is 5. The van der Waals surface area contributed by atoms with Gasteiger partial charge in [0.25, 0.3) is 0 Å². The molecule has 0 spiro atoms. The first-order valence-electron chi connectivity index (χ1n) is 6.43. The monoisotopic (exact) mass is 296 g/mol. The van der Waals surface area contributed by atoms with Crippen molar-refractivity contribution in [2.75, 3.05) is 0 Å². The average Bonchev–Trinajstić information content (AvgIpc) is 2.45. The van der Waals surface area contributed by atoms with E-state index in [1.807, 2.05) is 25.1 Å². The summed E-state index contributed by atoms with van der Waals surface area (Å²) in [4.78, 5) is 4.24. The minimum Gasteiger partial charge on any atom is -0.406 e. The molecule has 1 heterocycles. The number of nitrogens with one attached hydrogen (secondary N) is 1. The fraction of sp³-hybridized carbons (Fsp3) is 0.267. The summed E-state index contributed by atoms with van der Waals surface area (Å²) >= 11 is 0. The number of nitrogens with zero attached hydrogens (tertiary/aromatic N) is 1. The predicted octanol–water partition coefficient (Wildman–Crippen LogP) is 3.83. The second-order valence-corrected chi connectivity index (χ2v) is 4.55. The summed E-state index contributed by atoms with van der Waals surface area (Å²) < 4.78 is 39.9. The van der Waals surface area contributed by atoms with Crippen LogP contribution in [-0.2, 0) is 6.54 Å². The normalized spacial score (nSPS) is 13.0. The molecule has 1 aromatic carbocycles. The Morgan fingerprint density at radius 2 is 1.86 bits per heavy atom. The average molecular weight is 296 g/mol. The van der Waals surface area contributed by atoms with Gasteiger partial charge in [-0.1, -0.05) is 18.2 Å². The Morgan fingerprint density at radius 3 is 2.43 bits per heavy atom. The van der Waals surface area contributed by atoms with Gasteiger partial charge in [0.15, 0.2) is 0 Å². The van der Waals surface area contributed by atoms with Crippen LogP contribution in [0.4, 0.5) is 13.2 Å². The topological polar surface area (TPSA) is 34.1 Å². The van der Waals surface area contributed by atoms with Crippen LogP contribution in [0.15, 0.2) is 48.7 Å². The Balaban J connectivity index is 1.89. The van der Waals surface area contributed by atoms with Crippen molar-refractivity contribution in [3.8, 4) is 5.75 Å². The number of alkyl halides is 3. The number of benzene rings is 1. The lowest BCUT2D eigenvalue weighted by Crippen LogP contribution is -2.19. The van der Waals surface area contributed by atoms with Crippen LogP contribution in [0.5, 0.6) is 5.75 Å². The first-order valence-corrected chi connectivity index (χ1v) is 6.43. The fourth-order valence-electron chi connectivity index (χ4n) is 1.82. The van der Waals surface area contributed by atoms with Crippen molar-refractivity contribution in [1.29, 1.82) is 0 Å². The standard InChI is InChI=1S/C15H15F3N2O/c1-11(14-4-2-3-9-19-14)20-10-12-5-7-13(8-6-12)21-15(16,17)18/h2-9,11,20H,10H2,1H3/t11-/m1/s1. The van der Waals surface area contributed by atoms with Crippen LogP contribution in [0.1, 0.15) is 24.2 Å². The van der Waals surface area contributed by atoms with Crippen molar-refractivity contribution in [3.63, 3.8) is 0 Å². The van der Waals surface area contributed by atoms with Crippen LogP contribution in [0.25, 0.3) is 0 Å². The Kier molecular flexibility index (Phi) is 4.80. The Hall–Kier alpha value is -2.08. The number of hydrogen-bond acceptors (Lipinski definition) is 3. The smallest absolute Gasteiger partial charge is 0.406 e. The third-order valence-electron chi connectivity index (χ3n) is 2.90. The number of aromatic nitrogens is 1. The lowest BCUT2D eigenvalue weighted by atomic mass is 10.1. The van der Waals surface area contributed by atoms with Gasteiger partial charge >= 0.3 is 6.36 Å². The van der Waals surface area contributed by atoms with Gasteiger partial charge in [0.2, 0.25) is 0 Å². The molecule has 1 N–H and O–H groups in total. The van der Waals surface area contributed by atoms with Crippen molar-refractivity contribution < 1.29 is 17.9 Å². The maximum Gasteiger partial charge on any atom is 0.573 e. The molecule has 0 unspecified atom stereocenters. The molecule has 0 aliphatic heterocycles. The zero-order chi connectivity index (χ0) is 15.3. The van der Waals surface area contributed by atoms with E-state index in [0.29, 0.717) is 6.54 Å². The van der Waals surface area contributed by atoms with Crippen LogP contribution in [0, 0.1) is 0 Å². The van der Waals surface area contributed by atoms with Crippen molar-refractivity contribution in [2.24, 2.45) is 0 Å². The van der Waals surface area contributed by atoms with Gasteiger partial charge in [-0.3, -0.25) is 4.98 Å². The van der Waals surface area contributed by atoms with Gasteiger partial charge in [-0.2, -0.15) is 0 Å². The Morgan fingerprint density at radius 1 is 1.14 bits per heavy atom. The van der Waals surface area contributed by atoms with Crippen LogP contribution < -0.4 is 10.1 Å². The zero-order valence-electron chi connectivity index (χ0n) is 11.4. The first-order chi connectivity index (χ1) is 9.94. The van der Waals surface area contributed by atoms with Crippen molar-refractivity contribution in [3.05, 3.63) is 59.9 Å². The van der Waals surface area contributed by atoms with E-state index in [1.165, 1.54) is 12.1 Å². The first kappa shape index (κ1) is 15.3. The van der Waals surface area contributed by atoms with Crippen molar-refractivity contribution >= 4 is 0 Å². The van der Waals surface area contributed by atoms with Gasteiger partial charge in [0.05, 0.1) is 5.69 Å². The van der Waals surface area contributed by atoms with Gasteiger partial charge < -0.3 is 10.1 Å². The van der Waals surface area contributed by atoms with Gasteiger partial charge in [-0.05, 0) is 36.8 Å².